The van der Waals surface area contributed by atoms with Crippen molar-refractivity contribution in [2.45, 2.75) is 18.9 Å². The number of rotatable bonds is 1. The van der Waals surface area contributed by atoms with E-state index in [4.69, 9.17) is 4.74 Å². The quantitative estimate of drug-likeness (QED) is 0.452. The van der Waals surface area contributed by atoms with Crippen molar-refractivity contribution in [1.82, 2.24) is 9.34 Å². The van der Waals surface area contributed by atoms with Gasteiger partial charge in [0.25, 0.3) is 0 Å². The highest BCUT2D eigenvalue weighted by molar-refractivity contribution is 7.60. The third kappa shape index (κ3) is 0.990. The zero-order chi connectivity index (χ0) is 8.93. The van der Waals surface area contributed by atoms with E-state index in [9.17, 15) is 4.57 Å². The van der Waals surface area contributed by atoms with Crippen LogP contribution in [0.1, 0.15) is 6.92 Å². The second-order valence-electron chi connectivity index (χ2n) is 3.58. The monoisotopic (exact) mass is 190 g/mol. The molecule has 4 nitrogen and oxygen atoms in total. The van der Waals surface area contributed by atoms with Crippen LogP contribution in [-0.4, -0.2) is 48.5 Å². The van der Waals surface area contributed by atoms with Gasteiger partial charge in [-0.3, -0.25) is 4.57 Å². The molecule has 12 heavy (non-hydrogen) atoms. The maximum Gasteiger partial charge on any atom is 0.246 e. The Morgan fingerprint density at radius 1 is 1.33 bits per heavy atom. The summed E-state index contributed by atoms with van der Waals surface area (Å²) in [6.45, 7) is 3.75. The summed E-state index contributed by atoms with van der Waals surface area (Å²) >= 11 is 0. The molecule has 0 saturated carbocycles. The van der Waals surface area contributed by atoms with E-state index >= 15 is 0 Å². The van der Waals surface area contributed by atoms with Gasteiger partial charge in [0, 0.05) is 13.1 Å². The maximum absolute atomic E-state index is 12.4. The van der Waals surface area contributed by atoms with Gasteiger partial charge in [-0.2, -0.15) is 0 Å². The van der Waals surface area contributed by atoms with Gasteiger partial charge >= 0.3 is 0 Å². The van der Waals surface area contributed by atoms with Crippen LogP contribution in [0, 0.1) is 0 Å². The lowest BCUT2D eigenvalue weighted by Gasteiger charge is -2.23. The van der Waals surface area contributed by atoms with E-state index in [0.29, 0.717) is 0 Å². The Balaban J connectivity index is 2.23. The first kappa shape index (κ1) is 8.70. The van der Waals surface area contributed by atoms with Crippen molar-refractivity contribution in [2.75, 3.05) is 27.2 Å². The summed E-state index contributed by atoms with van der Waals surface area (Å²) in [7, 11) is 1.51. The van der Waals surface area contributed by atoms with Gasteiger partial charge in [0.1, 0.15) is 0 Å². The third-order valence-electron chi connectivity index (χ3n) is 2.74. The molecule has 0 spiro atoms. The molecule has 2 fully saturated rings. The van der Waals surface area contributed by atoms with E-state index in [1.165, 1.54) is 0 Å². The van der Waals surface area contributed by atoms with Gasteiger partial charge in [0.2, 0.25) is 7.44 Å². The molecule has 0 aromatic carbocycles. The number of hydrogen-bond acceptors (Lipinski definition) is 2. The number of likely N-dealkylation sites (N-methyl/N-ethyl adjacent to an activating group) is 2. The SMILES string of the molecule is CC1O[C@H]1P1(=O)N(C)CCN1C. The van der Waals surface area contributed by atoms with Crippen LogP contribution in [0.2, 0.25) is 0 Å². The van der Waals surface area contributed by atoms with Gasteiger partial charge in [-0.15, -0.1) is 0 Å². The molecular weight excluding hydrogens is 175 g/mol. The van der Waals surface area contributed by atoms with Crippen LogP contribution < -0.4 is 0 Å². The van der Waals surface area contributed by atoms with E-state index in [2.05, 4.69) is 0 Å². The number of nitrogens with zero attached hydrogens (tertiary/aromatic N) is 2. The van der Waals surface area contributed by atoms with Crippen molar-refractivity contribution >= 4 is 7.44 Å². The molecular formula is C7H15N2O2P. The lowest BCUT2D eigenvalue weighted by molar-refractivity contribution is 0.388. The molecule has 0 aliphatic carbocycles. The van der Waals surface area contributed by atoms with Crippen LogP contribution >= 0.6 is 7.44 Å². The second-order valence-corrected chi connectivity index (χ2v) is 6.64. The van der Waals surface area contributed by atoms with Crippen molar-refractivity contribution < 1.29 is 9.30 Å². The fraction of sp³-hybridized carbons (Fsp3) is 1.00. The average molecular weight is 190 g/mol. The first-order chi connectivity index (χ1) is 5.56. The predicted molar refractivity (Wildman–Crippen MR) is 47.2 cm³/mol. The molecule has 0 radical (unpaired) electrons. The first-order valence-electron chi connectivity index (χ1n) is 4.25. The largest absolute Gasteiger partial charge is 0.359 e. The molecule has 0 aromatic heterocycles. The highest BCUT2D eigenvalue weighted by Gasteiger charge is 2.56. The normalized spacial score (nSPS) is 41.9. The summed E-state index contributed by atoms with van der Waals surface area (Å²) in [6, 6.07) is 0. The van der Waals surface area contributed by atoms with E-state index in [0.717, 1.165) is 13.1 Å². The molecule has 5 heteroatoms. The van der Waals surface area contributed by atoms with E-state index in [1.807, 2.05) is 30.4 Å². The van der Waals surface area contributed by atoms with Crippen molar-refractivity contribution in [3.05, 3.63) is 0 Å². The van der Waals surface area contributed by atoms with Crippen molar-refractivity contribution in [3.8, 4) is 0 Å². The zero-order valence-electron chi connectivity index (χ0n) is 7.73. The topological polar surface area (TPSA) is 36.1 Å². The molecule has 0 aromatic rings. The minimum Gasteiger partial charge on any atom is -0.359 e. The van der Waals surface area contributed by atoms with Crippen LogP contribution in [0.4, 0.5) is 0 Å². The Labute approximate surface area is 73.0 Å². The Kier molecular flexibility index (Phi) is 1.85. The smallest absolute Gasteiger partial charge is 0.246 e. The fourth-order valence-electron chi connectivity index (χ4n) is 1.75. The van der Waals surface area contributed by atoms with E-state index in [-0.39, 0.29) is 11.9 Å². The molecule has 1 unspecified atom stereocenters. The van der Waals surface area contributed by atoms with Crippen molar-refractivity contribution in [3.63, 3.8) is 0 Å². The molecule has 2 atom stereocenters. The van der Waals surface area contributed by atoms with Gasteiger partial charge in [-0.05, 0) is 21.0 Å². The highest BCUT2D eigenvalue weighted by Crippen LogP contribution is 2.65. The summed E-state index contributed by atoms with van der Waals surface area (Å²) < 4.78 is 21.6. The average Bonchev–Trinajstić information content (AvgIpc) is 2.70. The number of ether oxygens (including phenoxy) is 1. The van der Waals surface area contributed by atoms with E-state index < -0.39 is 7.44 Å². The molecule has 2 heterocycles. The third-order valence-corrected chi connectivity index (χ3v) is 6.30. The van der Waals surface area contributed by atoms with Crippen molar-refractivity contribution in [1.29, 1.82) is 0 Å². The summed E-state index contributed by atoms with van der Waals surface area (Å²) in [6.07, 6.45) is 0.179. The molecule has 2 saturated heterocycles. The van der Waals surface area contributed by atoms with Gasteiger partial charge in [0.15, 0.2) is 5.85 Å². The van der Waals surface area contributed by atoms with Crippen molar-refractivity contribution in [2.24, 2.45) is 0 Å². The highest BCUT2D eigenvalue weighted by atomic mass is 31.2. The Bertz CT molecular complexity index is 232. The summed E-state index contributed by atoms with van der Waals surface area (Å²) in [5, 5.41) is 0. The van der Waals surface area contributed by atoms with E-state index in [1.54, 1.807) is 0 Å². The molecule has 0 N–H and O–H groups in total. The van der Waals surface area contributed by atoms with Crippen LogP contribution in [-0.2, 0) is 9.30 Å². The molecule has 2 rings (SSSR count). The van der Waals surface area contributed by atoms with Gasteiger partial charge < -0.3 is 4.74 Å². The minimum absolute atomic E-state index is 0.0324. The van der Waals surface area contributed by atoms with Crippen LogP contribution in [0.15, 0.2) is 0 Å². The molecule has 2 aliphatic heterocycles. The fourth-order valence-corrected chi connectivity index (χ4v) is 4.70. The molecule has 0 amide bonds. The van der Waals surface area contributed by atoms with Gasteiger partial charge in [-0.1, -0.05) is 0 Å². The lowest BCUT2D eigenvalue weighted by Crippen LogP contribution is -2.17. The van der Waals surface area contributed by atoms with Crippen LogP contribution in [0.25, 0.3) is 0 Å². The lowest BCUT2D eigenvalue weighted by atomic mass is 10.6. The Morgan fingerprint density at radius 2 is 1.75 bits per heavy atom. The molecule has 70 valence electrons. The molecule has 0 bridgehead atoms. The zero-order valence-corrected chi connectivity index (χ0v) is 8.62. The van der Waals surface area contributed by atoms with Gasteiger partial charge in [0.05, 0.1) is 6.10 Å². The maximum atomic E-state index is 12.4. The summed E-state index contributed by atoms with van der Waals surface area (Å²) in [5.74, 6) is -0.0324. The predicted octanol–water partition coefficient (Wildman–Crippen LogP) is 0.802. The minimum atomic E-state index is -2.32. The summed E-state index contributed by atoms with van der Waals surface area (Å²) in [5.41, 5.74) is 0. The molecule has 2 aliphatic rings. The number of hydrogen-bond donors (Lipinski definition) is 0. The van der Waals surface area contributed by atoms with Crippen LogP contribution in [0.3, 0.4) is 0 Å². The summed E-state index contributed by atoms with van der Waals surface area (Å²) in [4.78, 5) is 0. The number of epoxide rings is 1. The Morgan fingerprint density at radius 3 is 2.08 bits per heavy atom. The van der Waals surface area contributed by atoms with Gasteiger partial charge in [-0.25, -0.2) is 9.34 Å². The second kappa shape index (κ2) is 2.55. The Hall–Kier alpha value is 0.110. The first-order valence-corrected chi connectivity index (χ1v) is 5.93. The van der Waals surface area contributed by atoms with Crippen LogP contribution in [0.5, 0.6) is 0 Å². The standard InChI is InChI=1S/C7H15N2O2P/c1-6-7(11-6)12(10)8(2)4-5-9(12)3/h6-7H,4-5H2,1-3H3/t6?,7-/m0/s1.